The zero-order valence-electron chi connectivity index (χ0n) is 12.6. The van der Waals surface area contributed by atoms with Gasteiger partial charge < -0.3 is 10.4 Å². The molecule has 0 amide bonds. The molecule has 0 radical (unpaired) electrons. The van der Waals surface area contributed by atoms with Gasteiger partial charge >= 0.3 is 0 Å². The van der Waals surface area contributed by atoms with Crippen LogP contribution in [-0.4, -0.2) is 18.3 Å². The van der Waals surface area contributed by atoms with Gasteiger partial charge in [0, 0.05) is 0 Å². The predicted molar refractivity (Wildman–Crippen MR) is 77.9 cm³/mol. The van der Waals surface area contributed by atoms with E-state index in [-0.39, 0.29) is 12.1 Å². The molecule has 0 heterocycles. The fraction of sp³-hybridized carbons (Fsp3) is 0.625. The molecule has 0 aliphatic carbocycles. The molecule has 1 aromatic carbocycles. The number of aliphatic hydroxyl groups excluding tert-OH is 1. The lowest BCUT2D eigenvalue weighted by molar-refractivity contribution is 0.170. The van der Waals surface area contributed by atoms with Crippen molar-refractivity contribution in [2.24, 2.45) is 5.92 Å². The van der Waals surface area contributed by atoms with Gasteiger partial charge in [-0.3, -0.25) is 0 Å². The summed E-state index contributed by atoms with van der Waals surface area (Å²) in [7, 11) is 0. The Balaban J connectivity index is 3.15. The molecule has 1 atom stereocenters. The summed E-state index contributed by atoms with van der Waals surface area (Å²) < 4.78 is 0. The van der Waals surface area contributed by atoms with E-state index in [0.717, 1.165) is 6.54 Å². The molecule has 0 bridgehead atoms. The van der Waals surface area contributed by atoms with Crippen LogP contribution in [0.25, 0.3) is 0 Å². The van der Waals surface area contributed by atoms with Crippen molar-refractivity contribution in [1.29, 1.82) is 0 Å². The zero-order chi connectivity index (χ0) is 13.9. The van der Waals surface area contributed by atoms with Crippen molar-refractivity contribution in [3.63, 3.8) is 0 Å². The average Bonchev–Trinajstić information content (AvgIpc) is 2.25. The van der Waals surface area contributed by atoms with Crippen LogP contribution in [0.3, 0.4) is 0 Å². The first-order chi connectivity index (χ1) is 8.30. The lowest BCUT2D eigenvalue weighted by atomic mass is 9.84. The van der Waals surface area contributed by atoms with Crippen molar-refractivity contribution >= 4 is 0 Å². The van der Waals surface area contributed by atoms with Crippen molar-refractivity contribution in [3.8, 4) is 0 Å². The third-order valence-electron chi connectivity index (χ3n) is 3.45. The van der Waals surface area contributed by atoms with E-state index < -0.39 is 0 Å². The van der Waals surface area contributed by atoms with Gasteiger partial charge in [-0.2, -0.15) is 0 Å². The molecule has 1 unspecified atom stereocenters. The average molecular weight is 249 g/mol. The van der Waals surface area contributed by atoms with E-state index in [9.17, 15) is 5.11 Å². The number of benzene rings is 1. The SMILES string of the molecule is Cc1cc(C)c(C(C)(CO)NCC(C)C)c(C)c1. The minimum atomic E-state index is -0.355. The summed E-state index contributed by atoms with van der Waals surface area (Å²) in [5.74, 6) is 0.571. The van der Waals surface area contributed by atoms with E-state index in [1.165, 1.54) is 22.3 Å². The highest BCUT2D eigenvalue weighted by Crippen LogP contribution is 2.28. The minimum Gasteiger partial charge on any atom is -0.394 e. The lowest BCUT2D eigenvalue weighted by Gasteiger charge is -2.33. The molecule has 0 saturated heterocycles. The maximum absolute atomic E-state index is 9.81. The maximum Gasteiger partial charge on any atom is 0.0652 e. The molecule has 18 heavy (non-hydrogen) atoms. The molecule has 102 valence electrons. The standard InChI is InChI=1S/C16H27NO/c1-11(2)9-17-16(6,10-18)15-13(4)7-12(3)8-14(15)5/h7-8,11,17-18H,9-10H2,1-6H3. The van der Waals surface area contributed by atoms with E-state index >= 15 is 0 Å². The minimum absolute atomic E-state index is 0.116. The summed E-state index contributed by atoms with van der Waals surface area (Å²) in [5.41, 5.74) is 4.65. The molecule has 0 aliphatic rings. The van der Waals surface area contributed by atoms with E-state index in [1.54, 1.807) is 0 Å². The first-order valence-electron chi connectivity index (χ1n) is 6.74. The molecule has 1 rings (SSSR count). The first kappa shape index (κ1) is 15.2. The smallest absolute Gasteiger partial charge is 0.0652 e. The summed E-state index contributed by atoms with van der Waals surface area (Å²) in [5, 5.41) is 13.3. The van der Waals surface area contributed by atoms with Crippen LogP contribution >= 0.6 is 0 Å². The number of aryl methyl sites for hydroxylation is 3. The zero-order valence-corrected chi connectivity index (χ0v) is 12.6. The maximum atomic E-state index is 9.81. The van der Waals surface area contributed by atoms with Gasteiger partial charge in [-0.1, -0.05) is 31.5 Å². The Labute approximate surface area is 111 Å². The molecule has 1 aromatic rings. The van der Waals surface area contributed by atoms with Gasteiger partial charge in [-0.15, -0.1) is 0 Å². The quantitative estimate of drug-likeness (QED) is 0.840. The molecule has 0 saturated carbocycles. The summed E-state index contributed by atoms with van der Waals surface area (Å²) >= 11 is 0. The highest BCUT2D eigenvalue weighted by molar-refractivity contribution is 5.42. The van der Waals surface area contributed by atoms with Gasteiger partial charge in [0.1, 0.15) is 0 Å². The van der Waals surface area contributed by atoms with Crippen molar-refractivity contribution in [2.75, 3.05) is 13.2 Å². The fourth-order valence-electron chi connectivity index (χ4n) is 2.70. The number of rotatable bonds is 5. The Morgan fingerprint density at radius 2 is 1.67 bits per heavy atom. The predicted octanol–water partition coefficient (Wildman–Crippen LogP) is 3.06. The molecule has 0 fully saturated rings. The van der Waals surface area contributed by atoms with Crippen LogP contribution in [-0.2, 0) is 5.54 Å². The summed E-state index contributed by atoms with van der Waals surface area (Å²) in [6.45, 7) is 13.8. The van der Waals surface area contributed by atoms with Gasteiger partial charge in [0.15, 0.2) is 0 Å². The third-order valence-corrected chi connectivity index (χ3v) is 3.45. The highest BCUT2D eigenvalue weighted by Gasteiger charge is 2.28. The van der Waals surface area contributed by atoms with E-state index in [2.05, 4.69) is 59.0 Å². The second-order valence-electron chi connectivity index (χ2n) is 6.04. The van der Waals surface area contributed by atoms with Crippen LogP contribution in [0.15, 0.2) is 12.1 Å². The highest BCUT2D eigenvalue weighted by atomic mass is 16.3. The molecule has 0 spiro atoms. The van der Waals surface area contributed by atoms with Gasteiger partial charge in [0.2, 0.25) is 0 Å². The second-order valence-corrected chi connectivity index (χ2v) is 6.04. The Morgan fingerprint density at radius 3 is 2.06 bits per heavy atom. The van der Waals surface area contributed by atoms with E-state index in [0.29, 0.717) is 5.92 Å². The fourth-order valence-corrected chi connectivity index (χ4v) is 2.70. The van der Waals surface area contributed by atoms with Gasteiger partial charge in [-0.05, 0) is 56.8 Å². The van der Waals surface area contributed by atoms with Gasteiger partial charge in [-0.25, -0.2) is 0 Å². The largest absolute Gasteiger partial charge is 0.394 e. The van der Waals surface area contributed by atoms with Gasteiger partial charge in [0.25, 0.3) is 0 Å². The van der Waals surface area contributed by atoms with Crippen LogP contribution in [0.2, 0.25) is 0 Å². The van der Waals surface area contributed by atoms with Crippen LogP contribution in [0, 0.1) is 26.7 Å². The third kappa shape index (κ3) is 3.33. The topological polar surface area (TPSA) is 32.3 Å². The van der Waals surface area contributed by atoms with Crippen LogP contribution < -0.4 is 5.32 Å². The molecule has 0 aromatic heterocycles. The monoisotopic (exact) mass is 249 g/mol. The van der Waals surface area contributed by atoms with Crippen LogP contribution in [0.5, 0.6) is 0 Å². The van der Waals surface area contributed by atoms with Crippen molar-refractivity contribution in [1.82, 2.24) is 5.32 Å². The Kier molecular flexibility index (Phi) is 4.94. The summed E-state index contributed by atoms with van der Waals surface area (Å²) in [6.07, 6.45) is 0. The molecule has 2 heteroatoms. The van der Waals surface area contributed by atoms with Crippen molar-refractivity contribution in [3.05, 3.63) is 34.4 Å². The number of aliphatic hydroxyl groups is 1. The summed E-state index contributed by atoms with van der Waals surface area (Å²) in [4.78, 5) is 0. The van der Waals surface area contributed by atoms with E-state index in [1.807, 2.05) is 0 Å². The Hall–Kier alpha value is -0.860. The first-order valence-corrected chi connectivity index (χ1v) is 6.74. The van der Waals surface area contributed by atoms with Crippen molar-refractivity contribution in [2.45, 2.75) is 47.1 Å². The van der Waals surface area contributed by atoms with Crippen LogP contribution in [0.4, 0.5) is 0 Å². The molecule has 0 aliphatic heterocycles. The molecular formula is C16H27NO. The van der Waals surface area contributed by atoms with Crippen LogP contribution in [0.1, 0.15) is 43.0 Å². The summed E-state index contributed by atoms with van der Waals surface area (Å²) in [6, 6.07) is 4.38. The number of hydrogen-bond donors (Lipinski definition) is 2. The van der Waals surface area contributed by atoms with Crippen molar-refractivity contribution < 1.29 is 5.11 Å². The normalized spacial score (nSPS) is 14.9. The Morgan fingerprint density at radius 1 is 1.17 bits per heavy atom. The van der Waals surface area contributed by atoms with Gasteiger partial charge in [0.05, 0.1) is 12.1 Å². The number of hydrogen-bond acceptors (Lipinski definition) is 2. The molecule has 2 nitrogen and oxygen atoms in total. The number of nitrogens with one attached hydrogen (secondary N) is 1. The molecule has 2 N–H and O–H groups in total. The Bertz CT molecular complexity index is 389. The molecular weight excluding hydrogens is 222 g/mol. The second kappa shape index (κ2) is 5.85. The van der Waals surface area contributed by atoms with E-state index in [4.69, 9.17) is 0 Å². The lowest BCUT2D eigenvalue weighted by Crippen LogP contribution is -2.45.